The molecule has 2 aromatic carbocycles. The molecule has 0 aliphatic heterocycles. The SMILES string of the molecule is C[C@@H](N)COc1ccc2ccccc2c1. The van der Waals surface area contributed by atoms with Crippen LogP contribution in [0.25, 0.3) is 10.8 Å². The molecule has 0 spiro atoms. The van der Waals surface area contributed by atoms with Crippen molar-refractivity contribution in [1.29, 1.82) is 0 Å². The number of ether oxygens (including phenoxy) is 1. The van der Waals surface area contributed by atoms with Crippen LogP contribution in [0.15, 0.2) is 42.5 Å². The maximum atomic E-state index is 5.63. The standard InChI is InChI=1S/C13H15NO/c1-10(14)9-15-13-7-6-11-4-2-3-5-12(11)8-13/h2-8,10H,9,14H2,1H3/t10-/m1/s1. The van der Waals surface area contributed by atoms with Gasteiger partial charge in [0.25, 0.3) is 0 Å². The van der Waals surface area contributed by atoms with E-state index in [9.17, 15) is 0 Å². The minimum atomic E-state index is 0.0662. The van der Waals surface area contributed by atoms with Crippen LogP contribution in [0.3, 0.4) is 0 Å². The molecule has 15 heavy (non-hydrogen) atoms. The summed E-state index contributed by atoms with van der Waals surface area (Å²) >= 11 is 0. The van der Waals surface area contributed by atoms with Crippen molar-refractivity contribution in [2.75, 3.05) is 6.61 Å². The van der Waals surface area contributed by atoms with E-state index in [4.69, 9.17) is 10.5 Å². The van der Waals surface area contributed by atoms with Crippen LogP contribution < -0.4 is 10.5 Å². The lowest BCUT2D eigenvalue weighted by atomic mass is 10.1. The Hall–Kier alpha value is -1.54. The monoisotopic (exact) mass is 201 g/mol. The molecule has 0 aliphatic rings. The molecule has 0 heterocycles. The number of rotatable bonds is 3. The first-order valence-electron chi connectivity index (χ1n) is 5.13. The first-order chi connectivity index (χ1) is 7.25. The highest BCUT2D eigenvalue weighted by atomic mass is 16.5. The Morgan fingerprint density at radius 2 is 1.87 bits per heavy atom. The molecule has 0 radical (unpaired) electrons. The van der Waals surface area contributed by atoms with Crippen LogP contribution in [0.2, 0.25) is 0 Å². The summed E-state index contributed by atoms with van der Waals surface area (Å²) in [4.78, 5) is 0. The Morgan fingerprint density at radius 3 is 2.60 bits per heavy atom. The highest BCUT2D eigenvalue weighted by molar-refractivity contribution is 5.83. The van der Waals surface area contributed by atoms with Crippen LogP contribution in [-0.2, 0) is 0 Å². The van der Waals surface area contributed by atoms with Gasteiger partial charge in [-0.05, 0) is 29.8 Å². The van der Waals surface area contributed by atoms with Crippen LogP contribution >= 0.6 is 0 Å². The van der Waals surface area contributed by atoms with Gasteiger partial charge in [0.2, 0.25) is 0 Å². The molecule has 0 amide bonds. The molecule has 0 saturated heterocycles. The van der Waals surface area contributed by atoms with Gasteiger partial charge in [-0.3, -0.25) is 0 Å². The van der Waals surface area contributed by atoms with Gasteiger partial charge in [-0.25, -0.2) is 0 Å². The van der Waals surface area contributed by atoms with Gasteiger partial charge in [0.05, 0.1) is 0 Å². The Balaban J connectivity index is 2.23. The molecule has 2 heteroatoms. The molecular formula is C13H15NO. The number of nitrogens with two attached hydrogens (primary N) is 1. The zero-order valence-corrected chi connectivity index (χ0v) is 8.81. The van der Waals surface area contributed by atoms with E-state index in [1.807, 2.05) is 31.2 Å². The van der Waals surface area contributed by atoms with Crippen LogP contribution in [-0.4, -0.2) is 12.6 Å². The predicted molar refractivity (Wildman–Crippen MR) is 63.1 cm³/mol. The van der Waals surface area contributed by atoms with Crippen molar-refractivity contribution in [2.24, 2.45) is 5.73 Å². The van der Waals surface area contributed by atoms with E-state index in [-0.39, 0.29) is 6.04 Å². The molecule has 0 bridgehead atoms. The minimum Gasteiger partial charge on any atom is -0.492 e. The highest BCUT2D eigenvalue weighted by Crippen LogP contribution is 2.20. The zero-order chi connectivity index (χ0) is 10.7. The molecular weight excluding hydrogens is 186 g/mol. The highest BCUT2D eigenvalue weighted by Gasteiger charge is 1.98. The summed E-state index contributed by atoms with van der Waals surface area (Å²) in [5, 5.41) is 2.42. The fourth-order valence-electron chi connectivity index (χ4n) is 1.48. The third-order valence-electron chi connectivity index (χ3n) is 2.23. The van der Waals surface area contributed by atoms with E-state index in [2.05, 4.69) is 18.2 Å². The second-order valence-corrected chi connectivity index (χ2v) is 3.80. The average molecular weight is 201 g/mol. The van der Waals surface area contributed by atoms with Crippen molar-refractivity contribution in [2.45, 2.75) is 13.0 Å². The van der Waals surface area contributed by atoms with Gasteiger partial charge >= 0.3 is 0 Å². The molecule has 2 nitrogen and oxygen atoms in total. The van der Waals surface area contributed by atoms with Gasteiger partial charge in [-0.1, -0.05) is 30.3 Å². The average Bonchev–Trinajstić information content (AvgIpc) is 2.26. The molecule has 2 rings (SSSR count). The number of benzene rings is 2. The van der Waals surface area contributed by atoms with Crippen LogP contribution in [0.5, 0.6) is 5.75 Å². The van der Waals surface area contributed by atoms with Crippen molar-refractivity contribution in [3.05, 3.63) is 42.5 Å². The Morgan fingerprint density at radius 1 is 1.13 bits per heavy atom. The number of hydrogen-bond donors (Lipinski definition) is 1. The molecule has 1 atom stereocenters. The molecule has 0 fully saturated rings. The smallest absolute Gasteiger partial charge is 0.120 e. The van der Waals surface area contributed by atoms with Gasteiger partial charge in [-0.2, -0.15) is 0 Å². The second kappa shape index (κ2) is 4.32. The van der Waals surface area contributed by atoms with Crippen molar-refractivity contribution in [3.8, 4) is 5.75 Å². The number of fused-ring (bicyclic) bond motifs is 1. The lowest BCUT2D eigenvalue weighted by molar-refractivity contribution is 0.296. The van der Waals surface area contributed by atoms with E-state index in [0.29, 0.717) is 6.61 Å². The molecule has 0 aromatic heterocycles. The molecule has 0 unspecified atom stereocenters. The van der Waals surface area contributed by atoms with Crippen molar-refractivity contribution in [3.63, 3.8) is 0 Å². The lowest BCUT2D eigenvalue weighted by Crippen LogP contribution is -2.23. The largest absolute Gasteiger partial charge is 0.492 e. The van der Waals surface area contributed by atoms with Crippen LogP contribution in [0, 0.1) is 0 Å². The van der Waals surface area contributed by atoms with Gasteiger partial charge in [0.15, 0.2) is 0 Å². The van der Waals surface area contributed by atoms with Crippen LogP contribution in [0.1, 0.15) is 6.92 Å². The predicted octanol–water partition coefficient (Wildman–Crippen LogP) is 2.57. The Kier molecular flexibility index (Phi) is 2.88. The second-order valence-electron chi connectivity index (χ2n) is 3.80. The van der Waals surface area contributed by atoms with E-state index in [1.165, 1.54) is 10.8 Å². The molecule has 2 aromatic rings. The first kappa shape index (κ1) is 9.99. The summed E-state index contributed by atoms with van der Waals surface area (Å²) in [5.74, 6) is 0.881. The summed E-state index contributed by atoms with van der Waals surface area (Å²) in [5.41, 5.74) is 5.63. The maximum Gasteiger partial charge on any atom is 0.120 e. The van der Waals surface area contributed by atoms with Gasteiger partial charge in [0.1, 0.15) is 12.4 Å². The maximum absolute atomic E-state index is 5.63. The van der Waals surface area contributed by atoms with Crippen molar-refractivity contribution < 1.29 is 4.74 Å². The third kappa shape index (κ3) is 2.48. The summed E-state index contributed by atoms with van der Waals surface area (Å²) in [6, 6.07) is 14.4. The van der Waals surface area contributed by atoms with Crippen LogP contribution in [0.4, 0.5) is 0 Å². The van der Waals surface area contributed by atoms with Gasteiger partial charge < -0.3 is 10.5 Å². The fourth-order valence-corrected chi connectivity index (χ4v) is 1.48. The quantitative estimate of drug-likeness (QED) is 0.828. The lowest BCUT2D eigenvalue weighted by Gasteiger charge is -2.09. The van der Waals surface area contributed by atoms with E-state index >= 15 is 0 Å². The Labute approximate surface area is 89.7 Å². The fraction of sp³-hybridized carbons (Fsp3) is 0.231. The summed E-state index contributed by atoms with van der Waals surface area (Å²) in [7, 11) is 0. The van der Waals surface area contributed by atoms with Crippen molar-refractivity contribution in [1.82, 2.24) is 0 Å². The molecule has 0 aliphatic carbocycles. The molecule has 2 N–H and O–H groups in total. The number of hydrogen-bond acceptors (Lipinski definition) is 2. The zero-order valence-electron chi connectivity index (χ0n) is 8.81. The van der Waals surface area contributed by atoms with E-state index < -0.39 is 0 Å². The minimum absolute atomic E-state index is 0.0662. The molecule has 78 valence electrons. The van der Waals surface area contributed by atoms with E-state index in [1.54, 1.807) is 0 Å². The van der Waals surface area contributed by atoms with Gasteiger partial charge in [-0.15, -0.1) is 0 Å². The topological polar surface area (TPSA) is 35.2 Å². The van der Waals surface area contributed by atoms with Gasteiger partial charge in [0, 0.05) is 6.04 Å². The third-order valence-corrected chi connectivity index (χ3v) is 2.23. The first-order valence-corrected chi connectivity index (χ1v) is 5.13. The summed E-state index contributed by atoms with van der Waals surface area (Å²) in [6.45, 7) is 2.49. The molecule has 0 saturated carbocycles. The van der Waals surface area contributed by atoms with Crippen molar-refractivity contribution >= 4 is 10.8 Å². The Bertz CT molecular complexity index is 451. The summed E-state index contributed by atoms with van der Waals surface area (Å²) in [6.07, 6.45) is 0. The summed E-state index contributed by atoms with van der Waals surface area (Å²) < 4.78 is 5.55. The van der Waals surface area contributed by atoms with E-state index in [0.717, 1.165) is 5.75 Å². The normalized spacial score (nSPS) is 12.7.